The number of hydrogen-bond donors (Lipinski definition) is 0. The molecule has 0 N–H and O–H groups in total. The normalized spacial score (nSPS) is 12.5. The molecule has 0 aliphatic carbocycles. The van der Waals surface area contributed by atoms with Crippen LogP contribution in [-0.2, 0) is 25.4 Å². The Morgan fingerprint density at radius 3 is 2.08 bits per heavy atom. The number of aryl methyl sites for hydroxylation is 2. The number of hydrogen-bond acceptors (Lipinski definition) is 2. The van der Waals surface area contributed by atoms with Crippen LogP contribution in [0.3, 0.4) is 0 Å². The van der Waals surface area contributed by atoms with E-state index in [-0.39, 0.29) is 40.4 Å². The minimum Gasteiger partial charge on any atom is -0.450 e. The Balaban J connectivity index is 1.39. The molecule has 0 atom stereocenters. The lowest BCUT2D eigenvalue weighted by Crippen LogP contribution is -2.21. The number of ether oxygens (including phenoxy) is 2. The fourth-order valence-electron chi connectivity index (χ4n) is 4.83. The Kier molecular flexibility index (Phi) is 7.34. The smallest absolute Gasteiger partial charge is 0.426 e. The maximum absolute atomic E-state index is 15.1. The van der Waals surface area contributed by atoms with Gasteiger partial charge in [-0.3, -0.25) is 0 Å². The predicted molar refractivity (Wildman–Crippen MR) is 140 cm³/mol. The van der Waals surface area contributed by atoms with Crippen molar-refractivity contribution >= 4 is 0 Å². The summed E-state index contributed by atoms with van der Waals surface area (Å²) < 4.78 is 85.1. The Morgan fingerprint density at radius 1 is 0.744 bits per heavy atom. The number of benzene rings is 4. The molecular formula is C32H27F5O2. The summed E-state index contributed by atoms with van der Waals surface area (Å²) in [5.74, 6) is -3.52. The standard InChI is InChI=1S/C32H27F5O2/c1-3-5-19-7-13-24(14-8-19)32(36,37)39-25-15-11-20(12-16-25)26-18-23-17-22-10-9-21(6-4-2)27(33)30(22)38-31(23)29(35)28(26)34/h7-16,18H,3-6,17H2,1-2H3. The van der Waals surface area contributed by atoms with E-state index in [9.17, 15) is 13.2 Å². The van der Waals surface area contributed by atoms with E-state index in [1.807, 2.05) is 13.8 Å². The van der Waals surface area contributed by atoms with Crippen LogP contribution >= 0.6 is 0 Å². The molecule has 0 unspecified atom stereocenters. The van der Waals surface area contributed by atoms with E-state index in [0.29, 0.717) is 23.1 Å². The van der Waals surface area contributed by atoms with Crippen molar-refractivity contribution in [3.05, 3.63) is 112 Å². The van der Waals surface area contributed by atoms with Gasteiger partial charge in [0, 0.05) is 23.1 Å². The summed E-state index contributed by atoms with van der Waals surface area (Å²) in [4.78, 5) is 0. The Bertz CT molecular complexity index is 1500. The van der Waals surface area contributed by atoms with E-state index in [2.05, 4.69) is 0 Å². The number of fused-ring (bicyclic) bond motifs is 2. The molecule has 0 spiro atoms. The molecule has 5 rings (SSSR count). The molecule has 7 heteroatoms. The lowest BCUT2D eigenvalue weighted by molar-refractivity contribution is -0.185. The topological polar surface area (TPSA) is 18.5 Å². The molecular weight excluding hydrogens is 511 g/mol. The molecule has 202 valence electrons. The summed E-state index contributed by atoms with van der Waals surface area (Å²) in [7, 11) is 0. The Morgan fingerprint density at radius 2 is 1.41 bits per heavy atom. The van der Waals surface area contributed by atoms with Crippen molar-refractivity contribution < 1.29 is 31.4 Å². The largest absolute Gasteiger partial charge is 0.450 e. The fourth-order valence-corrected chi connectivity index (χ4v) is 4.83. The van der Waals surface area contributed by atoms with Crippen molar-refractivity contribution in [1.82, 2.24) is 0 Å². The van der Waals surface area contributed by atoms with Crippen molar-refractivity contribution in [1.29, 1.82) is 0 Å². The van der Waals surface area contributed by atoms with Gasteiger partial charge in [0.05, 0.1) is 5.56 Å². The zero-order valence-corrected chi connectivity index (χ0v) is 21.6. The average Bonchev–Trinajstić information content (AvgIpc) is 2.93. The van der Waals surface area contributed by atoms with Crippen LogP contribution in [0.2, 0.25) is 0 Å². The Hall–Kier alpha value is -3.87. The number of rotatable bonds is 8. The molecule has 0 fully saturated rings. The lowest BCUT2D eigenvalue weighted by atomic mass is 9.94. The van der Waals surface area contributed by atoms with Crippen LogP contribution in [0.25, 0.3) is 11.1 Å². The van der Waals surface area contributed by atoms with E-state index in [1.165, 1.54) is 42.5 Å². The molecule has 2 nitrogen and oxygen atoms in total. The summed E-state index contributed by atoms with van der Waals surface area (Å²) in [6.07, 6.45) is -0.487. The van der Waals surface area contributed by atoms with Crippen molar-refractivity contribution in [2.45, 2.75) is 52.1 Å². The summed E-state index contributed by atoms with van der Waals surface area (Å²) in [5.41, 5.74) is 2.23. The third-order valence-corrected chi connectivity index (χ3v) is 6.84. The van der Waals surface area contributed by atoms with Crippen LogP contribution in [0.4, 0.5) is 22.0 Å². The first-order valence-corrected chi connectivity index (χ1v) is 13.0. The third-order valence-electron chi connectivity index (χ3n) is 6.84. The third kappa shape index (κ3) is 5.22. The zero-order valence-electron chi connectivity index (χ0n) is 21.6. The highest BCUT2D eigenvalue weighted by molar-refractivity contribution is 5.69. The second kappa shape index (κ2) is 10.7. The van der Waals surface area contributed by atoms with Gasteiger partial charge in [-0.2, -0.15) is 13.2 Å². The van der Waals surface area contributed by atoms with Gasteiger partial charge in [-0.1, -0.05) is 63.1 Å². The van der Waals surface area contributed by atoms with Crippen LogP contribution in [0, 0.1) is 17.5 Å². The highest BCUT2D eigenvalue weighted by Gasteiger charge is 2.34. The fraction of sp³-hybridized carbons (Fsp3) is 0.250. The highest BCUT2D eigenvalue weighted by atomic mass is 19.3. The molecule has 0 radical (unpaired) electrons. The SMILES string of the molecule is CCCc1ccc(C(F)(F)Oc2ccc(-c3cc4c(c(F)c3F)Oc3c(ccc(CCC)c3F)C4)cc2)cc1. The van der Waals surface area contributed by atoms with E-state index in [1.54, 1.807) is 24.3 Å². The molecule has 1 aliphatic heterocycles. The average molecular weight is 539 g/mol. The van der Waals surface area contributed by atoms with E-state index in [0.717, 1.165) is 24.8 Å². The second-order valence-electron chi connectivity index (χ2n) is 9.69. The molecule has 4 aromatic rings. The van der Waals surface area contributed by atoms with Crippen LogP contribution in [0.15, 0.2) is 66.7 Å². The van der Waals surface area contributed by atoms with Crippen LogP contribution in [0.1, 0.15) is 54.5 Å². The van der Waals surface area contributed by atoms with Crippen molar-refractivity contribution in [2.75, 3.05) is 0 Å². The van der Waals surface area contributed by atoms with E-state index >= 15 is 8.78 Å². The van der Waals surface area contributed by atoms with Gasteiger partial charge in [-0.25, -0.2) is 8.78 Å². The van der Waals surface area contributed by atoms with Crippen molar-refractivity contribution in [3.63, 3.8) is 0 Å². The van der Waals surface area contributed by atoms with Gasteiger partial charge >= 0.3 is 6.11 Å². The van der Waals surface area contributed by atoms with Crippen LogP contribution < -0.4 is 9.47 Å². The number of halogens is 5. The van der Waals surface area contributed by atoms with E-state index < -0.39 is 23.6 Å². The first kappa shape index (κ1) is 26.7. The van der Waals surface area contributed by atoms with Gasteiger partial charge in [-0.05, 0) is 59.9 Å². The molecule has 0 bridgehead atoms. The summed E-state index contributed by atoms with van der Waals surface area (Å²) in [5, 5.41) is 0. The van der Waals surface area contributed by atoms with Gasteiger partial charge in [0.15, 0.2) is 23.1 Å². The van der Waals surface area contributed by atoms with Crippen LogP contribution in [-0.4, -0.2) is 0 Å². The zero-order chi connectivity index (χ0) is 27.7. The van der Waals surface area contributed by atoms with E-state index in [4.69, 9.17) is 9.47 Å². The molecule has 0 saturated heterocycles. The van der Waals surface area contributed by atoms with Gasteiger partial charge in [0.25, 0.3) is 0 Å². The maximum Gasteiger partial charge on any atom is 0.426 e. The van der Waals surface area contributed by atoms with Gasteiger partial charge < -0.3 is 9.47 Å². The Labute approximate surface area is 224 Å². The molecule has 0 aromatic heterocycles. The quantitative estimate of drug-likeness (QED) is 0.183. The molecule has 39 heavy (non-hydrogen) atoms. The summed E-state index contributed by atoms with van der Waals surface area (Å²) in [6.45, 7) is 3.93. The minimum absolute atomic E-state index is 0.0637. The molecule has 1 aliphatic rings. The van der Waals surface area contributed by atoms with Gasteiger partial charge in [-0.15, -0.1) is 0 Å². The van der Waals surface area contributed by atoms with Gasteiger partial charge in [0.1, 0.15) is 5.75 Å². The monoisotopic (exact) mass is 538 g/mol. The first-order valence-electron chi connectivity index (χ1n) is 13.0. The number of alkyl halides is 2. The van der Waals surface area contributed by atoms with Crippen molar-refractivity contribution in [3.8, 4) is 28.4 Å². The summed E-state index contributed by atoms with van der Waals surface area (Å²) in [6, 6.07) is 16.1. The molecule has 0 amide bonds. The van der Waals surface area contributed by atoms with Gasteiger partial charge in [0.2, 0.25) is 5.82 Å². The molecule has 1 heterocycles. The lowest BCUT2D eigenvalue weighted by Gasteiger charge is -2.23. The maximum atomic E-state index is 15.1. The predicted octanol–water partition coefficient (Wildman–Crippen LogP) is 9.50. The minimum atomic E-state index is -3.58. The van der Waals surface area contributed by atoms with Crippen LogP contribution in [0.5, 0.6) is 17.2 Å². The highest BCUT2D eigenvalue weighted by Crippen LogP contribution is 2.44. The molecule has 0 saturated carbocycles. The first-order chi connectivity index (χ1) is 18.7. The van der Waals surface area contributed by atoms with Crippen molar-refractivity contribution in [2.24, 2.45) is 0 Å². The second-order valence-corrected chi connectivity index (χ2v) is 9.69. The molecule has 4 aromatic carbocycles. The summed E-state index contributed by atoms with van der Waals surface area (Å²) >= 11 is 0.